The number of nitrogens with zero attached hydrogens (tertiary/aromatic N) is 1. The second kappa shape index (κ2) is 5.95. The lowest BCUT2D eigenvalue weighted by molar-refractivity contribution is -0.140. The van der Waals surface area contributed by atoms with Crippen LogP contribution in [0.2, 0.25) is 0 Å². The summed E-state index contributed by atoms with van der Waals surface area (Å²) in [4.78, 5) is 27.3. The lowest BCUT2D eigenvalue weighted by atomic mass is 9.78. The summed E-state index contributed by atoms with van der Waals surface area (Å²) in [7, 11) is 1.76. The summed E-state index contributed by atoms with van der Waals surface area (Å²) >= 11 is 1.47. The SMILES string of the molecule is Cc1ccc(C(=O)N(C)C2(CC(=O)O)CCCCC2)s1. The molecule has 0 aromatic carbocycles. The molecule has 0 atom stereocenters. The Morgan fingerprint density at radius 3 is 2.45 bits per heavy atom. The number of carboxylic acid groups (broad SMARTS) is 1. The minimum Gasteiger partial charge on any atom is -0.481 e. The number of hydrogen-bond acceptors (Lipinski definition) is 3. The fraction of sp³-hybridized carbons (Fsp3) is 0.600. The number of hydrogen-bond donors (Lipinski definition) is 1. The van der Waals surface area contributed by atoms with Crippen molar-refractivity contribution in [1.82, 2.24) is 4.90 Å². The standard InChI is InChI=1S/C15H21NO3S/c1-11-6-7-12(20-11)14(19)16(2)15(10-13(17)18)8-4-3-5-9-15/h6-7H,3-5,8-10H2,1-2H3,(H,17,18). The van der Waals surface area contributed by atoms with Gasteiger partial charge in [-0.15, -0.1) is 11.3 Å². The maximum atomic E-state index is 12.6. The smallest absolute Gasteiger partial charge is 0.305 e. The molecule has 0 radical (unpaired) electrons. The van der Waals surface area contributed by atoms with Gasteiger partial charge in [-0.05, 0) is 31.9 Å². The fourth-order valence-electron chi connectivity index (χ4n) is 3.05. The van der Waals surface area contributed by atoms with E-state index in [9.17, 15) is 14.7 Å². The van der Waals surface area contributed by atoms with Gasteiger partial charge in [0.1, 0.15) is 0 Å². The molecule has 4 nitrogen and oxygen atoms in total. The summed E-state index contributed by atoms with van der Waals surface area (Å²) in [5.41, 5.74) is -0.515. The highest BCUT2D eigenvalue weighted by molar-refractivity contribution is 7.13. The molecule has 20 heavy (non-hydrogen) atoms. The van der Waals surface area contributed by atoms with Gasteiger partial charge in [-0.2, -0.15) is 0 Å². The van der Waals surface area contributed by atoms with Gasteiger partial charge in [0.05, 0.1) is 16.8 Å². The number of aryl methyl sites for hydroxylation is 1. The first-order valence-electron chi connectivity index (χ1n) is 7.01. The Morgan fingerprint density at radius 2 is 1.95 bits per heavy atom. The number of aliphatic carboxylic acids is 1. The summed E-state index contributed by atoms with van der Waals surface area (Å²) in [5.74, 6) is -0.875. The Morgan fingerprint density at radius 1 is 1.30 bits per heavy atom. The monoisotopic (exact) mass is 295 g/mol. The van der Waals surface area contributed by atoms with Crippen molar-refractivity contribution in [3.05, 3.63) is 21.9 Å². The Kier molecular flexibility index (Phi) is 4.48. The predicted octanol–water partition coefficient (Wildman–Crippen LogP) is 3.31. The second-order valence-electron chi connectivity index (χ2n) is 5.63. The maximum absolute atomic E-state index is 12.6. The van der Waals surface area contributed by atoms with Crippen molar-refractivity contribution in [1.29, 1.82) is 0 Å². The van der Waals surface area contributed by atoms with Gasteiger partial charge in [0.15, 0.2) is 0 Å². The predicted molar refractivity (Wildman–Crippen MR) is 79.2 cm³/mol. The number of carbonyl (C=O) groups excluding carboxylic acids is 1. The normalized spacial score (nSPS) is 17.7. The van der Waals surface area contributed by atoms with E-state index in [2.05, 4.69) is 0 Å². The highest BCUT2D eigenvalue weighted by atomic mass is 32.1. The summed E-state index contributed by atoms with van der Waals surface area (Å²) < 4.78 is 0. The number of thiophene rings is 1. The van der Waals surface area contributed by atoms with Crippen molar-refractivity contribution in [2.24, 2.45) is 0 Å². The molecular formula is C15H21NO3S. The number of amides is 1. The van der Waals surface area contributed by atoms with Crippen molar-refractivity contribution < 1.29 is 14.7 Å². The lowest BCUT2D eigenvalue weighted by Gasteiger charge is -2.43. The van der Waals surface area contributed by atoms with Gasteiger partial charge < -0.3 is 10.0 Å². The molecule has 1 aromatic heterocycles. The van der Waals surface area contributed by atoms with E-state index in [0.29, 0.717) is 4.88 Å². The van der Waals surface area contributed by atoms with E-state index in [1.807, 2.05) is 19.1 Å². The van der Waals surface area contributed by atoms with Crippen LogP contribution in [0, 0.1) is 6.92 Å². The average molecular weight is 295 g/mol. The molecule has 1 N–H and O–H groups in total. The van der Waals surface area contributed by atoms with Crippen molar-refractivity contribution in [3.8, 4) is 0 Å². The van der Waals surface area contributed by atoms with Crippen molar-refractivity contribution in [2.75, 3.05) is 7.05 Å². The van der Waals surface area contributed by atoms with E-state index >= 15 is 0 Å². The molecule has 5 heteroatoms. The molecule has 2 rings (SSSR count). The van der Waals surface area contributed by atoms with Crippen LogP contribution >= 0.6 is 11.3 Å². The average Bonchev–Trinajstić information content (AvgIpc) is 2.84. The summed E-state index contributed by atoms with van der Waals surface area (Å²) in [6.45, 7) is 1.97. The van der Waals surface area contributed by atoms with Crippen LogP contribution in [0.25, 0.3) is 0 Å². The van der Waals surface area contributed by atoms with Gasteiger partial charge in [-0.1, -0.05) is 19.3 Å². The number of rotatable bonds is 4. The van der Waals surface area contributed by atoms with Crippen LogP contribution in [-0.4, -0.2) is 34.5 Å². The summed E-state index contributed by atoms with van der Waals surface area (Å²) in [6, 6.07) is 3.76. The highest BCUT2D eigenvalue weighted by Gasteiger charge is 2.40. The largest absolute Gasteiger partial charge is 0.481 e. The molecular weight excluding hydrogens is 274 g/mol. The van der Waals surface area contributed by atoms with Crippen molar-refractivity contribution in [2.45, 2.75) is 51.0 Å². The molecule has 110 valence electrons. The van der Waals surface area contributed by atoms with Gasteiger partial charge in [-0.3, -0.25) is 9.59 Å². The first-order valence-corrected chi connectivity index (χ1v) is 7.83. The molecule has 1 aliphatic rings. The van der Waals surface area contributed by atoms with Crippen LogP contribution in [0.4, 0.5) is 0 Å². The molecule has 1 amide bonds. The number of carbonyl (C=O) groups is 2. The summed E-state index contributed by atoms with van der Waals surface area (Å²) in [5, 5.41) is 9.20. The Balaban J connectivity index is 2.23. The molecule has 1 saturated carbocycles. The van der Waals surface area contributed by atoms with Gasteiger partial charge in [-0.25, -0.2) is 0 Å². The fourth-order valence-corrected chi connectivity index (χ4v) is 3.90. The third kappa shape index (κ3) is 3.03. The van der Waals surface area contributed by atoms with E-state index < -0.39 is 11.5 Å². The van der Waals surface area contributed by atoms with E-state index in [4.69, 9.17) is 0 Å². The maximum Gasteiger partial charge on any atom is 0.305 e. The van der Waals surface area contributed by atoms with Crippen molar-refractivity contribution in [3.63, 3.8) is 0 Å². The molecule has 1 heterocycles. The van der Waals surface area contributed by atoms with Gasteiger partial charge in [0, 0.05) is 11.9 Å². The van der Waals surface area contributed by atoms with E-state index in [1.165, 1.54) is 11.3 Å². The highest BCUT2D eigenvalue weighted by Crippen LogP contribution is 2.37. The zero-order valence-corrected chi connectivity index (χ0v) is 12.8. The van der Waals surface area contributed by atoms with Gasteiger partial charge in [0.25, 0.3) is 5.91 Å². The zero-order valence-electron chi connectivity index (χ0n) is 12.0. The quantitative estimate of drug-likeness (QED) is 0.927. The molecule has 1 aliphatic carbocycles. The number of carboxylic acids is 1. The first-order chi connectivity index (χ1) is 9.44. The molecule has 0 unspecified atom stereocenters. The van der Waals surface area contributed by atoms with Crippen LogP contribution in [0.5, 0.6) is 0 Å². The van der Waals surface area contributed by atoms with Crippen LogP contribution in [0.15, 0.2) is 12.1 Å². The van der Waals surface area contributed by atoms with Crippen LogP contribution in [0.3, 0.4) is 0 Å². The third-order valence-corrected chi connectivity index (χ3v) is 5.22. The molecule has 0 spiro atoms. The molecule has 0 aliphatic heterocycles. The zero-order chi connectivity index (χ0) is 14.8. The second-order valence-corrected chi connectivity index (χ2v) is 6.92. The molecule has 1 fully saturated rings. The van der Waals surface area contributed by atoms with Crippen molar-refractivity contribution >= 4 is 23.2 Å². The van der Waals surface area contributed by atoms with E-state index in [0.717, 1.165) is 37.0 Å². The van der Waals surface area contributed by atoms with E-state index in [-0.39, 0.29) is 12.3 Å². The molecule has 0 saturated heterocycles. The minimum absolute atomic E-state index is 0.0413. The van der Waals surface area contributed by atoms with Crippen LogP contribution in [0.1, 0.15) is 53.1 Å². The Bertz CT molecular complexity index is 503. The van der Waals surface area contributed by atoms with Gasteiger partial charge in [0.2, 0.25) is 0 Å². The Labute approximate surface area is 123 Å². The summed E-state index contributed by atoms with van der Waals surface area (Å²) in [6.07, 6.45) is 4.72. The van der Waals surface area contributed by atoms with E-state index in [1.54, 1.807) is 11.9 Å². The lowest BCUT2D eigenvalue weighted by Crippen LogP contribution is -2.51. The van der Waals surface area contributed by atoms with Gasteiger partial charge >= 0.3 is 5.97 Å². The first kappa shape index (κ1) is 15.0. The van der Waals surface area contributed by atoms with Crippen LogP contribution in [-0.2, 0) is 4.79 Å². The topological polar surface area (TPSA) is 57.6 Å². The molecule has 0 bridgehead atoms. The molecule has 1 aromatic rings. The third-order valence-electron chi connectivity index (χ3n) is 4.23. The van der Waals surface area contributed by atoms with Crippen LogP contribution < -0.4 is 0 Å². The Hall–Kier alpha value is -1.36. The minimum atomic E-state index is -0.825.